The molecule has 3 nitrogen and oxygen atoms in total. The van der Waals surface area contributed by atoms with Gasteiger partial charge in [0.2, 0.25) is 0 Å². The Kier molecular flexibility index (Phi) is 8.38. The number of benzene rings is 1. The summed E-state index contributed by atoms with van der Waals surface area (Å²) in [6.07, 6.45) is 2.19. The highest BCUT2D eigenvalue weighted by Crippen LogP contribution is 2.23. The van der Waals surface area contributed by atoms with Crippen molar-refractivity contribution in [2.45, 2.75) is 44.6 Å². The number of rotatable bonds is 9. The number of thioether (sulfide) groups is 1. The summed E-state index contributed by atoms with van der Waals surface area (Å²) in [5, 5.41) is 2.96. The Labute approximate surface area is 126 Å². The van der Waals surface area contributed by atoms with Crippen LogP contribution in [0.1, 0.15) is 44.0 Å². The second-order valence-corrected chi connectivity index (χ2v) is 6.01. The summed E-state index contributed by atoms with van der Waals surface area (Å²) in [5.74, 6) is 1.04. The first-order chi connectivity index (χ1) is 9.65. The first-order valence-corrected chi connectivity index (χ1v) is 8.25. The molecule has 1 aromatic carbocycles. The molecular formula is C16H25NO2S. The van der Waals surface area contributed by atoms with Crippen molar-refractivity contribution in [2.24, 2.45) is 0 Å². The van der Waals surface area contributed by atoms with Crippen molar-refractivity contribution in [3.05, 3.63) is 29.8 Å². The molecule has 0 bridgehead atoms. The van der Waals surface area contributed by atoms with Gasteiger partial charge in [0.25, 0.3) is 5.91 Å². The van der Waals surface area contributed by atoms with E-state index < -0.39 is 0 Å². The van der Waals surface area contributed by atoms with Crippen molar-refractivity contribution in [3.63, 3.8) is 0 Å². The third-order valence-electron chi connectivity index (χ3n) is 2.65. The van der Waals surface area contributed by atoms with Gasteiger partial charge in [0.1, 0.15) is 0 Å². The number of hydrogen-bond donors (Lipinski definition) is 1. The molecule has 0 saturated carbocycles. The lowest BCUT2D eigenvalue weighted by Crippen LogP contribution is -2.26. The maximum Gasteiger partial charge on any atom is 0.252 e. The van der Waals surface area contributed by atoms with Crippen LogP contribution in [0, 0.1) is 0 Å². The minimum Gasteiger partial charge on any atom is -0.379 e. The Bertz CT molecular complexity index is 407. The van der Waals surface area contributed by atoms with E-state index in [4.69, 9.17) is 4.74 Å². The van der Waals surface area contributed by atoms with E-state index in [1.54, 1.807) is 11.8 Å². The molecule has 20 heavy (non-hydrogen) atoms. The second kappa shape index (κ2) is 9.83. The van der Waals surface area contributed by atoms with Gasteiger partial charge >= 0.3 is 0 Å². The van der Waals surface area contributed by atoms with Crippen LogP contribution in [0.2, 0.25) is 0 Å². The zero-order valence-electron chi connectivity index (χ0n) is 12.6. The van der Waals surface area contributed by atoms with E-state index in [-0.39, 0.29) is 12.0 Å². The van der Waals surface area contributed by atoms with Crippen LogP contribution in [-0.2, 0) is 4.74 Å². The number of carbonyl (C=O) groups excluding carboxylic acids is 1. The fourth-order valence-corrected chi connectivity index (χ4v) is 2.60. The second-order valence-electron chi connectivity index (χ2n) is 4.87. The fraction of sp³-hybridized carbons (Fsp3) is 0.562. The lowest BCUT2D eigenvalue weighted by molar-refractivity contribution is 0.0757. The van der Waals surface area contributed by atoms with Gasteiger partial charge in [-0.2, -0.15) is 0 Å². The van der Waals surface area contributed by atoms with Gasteiger partial charge in [-0.15, -0.1) is 11.8 Å². The van der Waals surface area contributed by atoms with Crippen LogP contribution in [0.25, 0.3) is 0 Å². The van der Waals surface area contributed by atoms with Crippen molar-refractivity contribution in [2.75, 3.05) is 18.9 Å². The van der Waals surface area contributed by atoms with E-state index in [0.29, 0.717) is 13.2 Å². The predicted octanol–water partition coefficient (Wildman–Crippen LogP) is 3.73. The number of nitrogens with one attached hydrogen (secondary N) is 1. The minimum absolute atomic E-state index is 0.00810. The number of hydrogen-bond acceptors (Lipinski definition) is 3. The molecule has 0 fully saturated rings. The van der Waals surface area contributed by atoms with Crippen molar-refractivity contribution >= 4 is 17.7 Å². The zero-order valence-corrected chi connectivity index (χ0v) is 13.5. The minimum atomic E-state index is 0.00810. The maximum absolute atomic E-state index is 12.2. The molecule has 0 radical (unpaired) electrons. The monoisotopic (exact) mass is 295 g/mol. The Hall–Kier alpha value is -1.00. The molecule has 0 aliphatic carbocycles. The summed E-state index contributed by atoms with van der Waals surface area (Å²) in [7, 11) is 0. The molecule has 0 unspecified atom stereocenters. The van der Waals surface area contributed by atoms with Crippen LogP contribution >= 0.6 is 11.8 Å². The highest BCUT2D eigenvalue weighted by Gasteiger charge is 2.10. The van der Waals surface area contributed by atoms with Gasteiger partial charge < -0.3 is 10.1 Å². The van der Waals surface area contributed by atoms with Crippen LogP contribution in [-0.4, -0.2) is 30.9 Å². The van der Waals surface area contributed by atoms with Crippen LogP contribution in [0.5, 0.6) is 0 Å². The zero-order chi connectivity index (χ0) is 14.8. The summed E-state index contributed by atoms with van der Waals surface area (Å²) < 4.78 is 5.45. The van der Waals surface area contributed by atoms with E-state index in [0.717, 1.165) is 29.1 Å². The van der Waals surface area contributed by atoms with Gasteiger partial charge in [0.05, 0.1) is 11.7 Å². The van der Waals surface area contributed by atoms with Crippen LogP contribution in [0.3, 0.4) is 0 Å². The molecule has 0 aromatic heterocycles. The van der Waals surface area contributed by atoms with Crippen molar-refractivity contribution in [1.29, 1.82) is 0 Å². The molecule has 112 valence electrons. The molecular weight excluding hydrogens is 270 g/mol. The van der Waals surface area contributed by atoms with E-state index >= 15 is 0 Å². The third-order valence-corrected chi connectivity index (χ3v) is 3.93. The van der Waals surface area contributed by atoms with Gasteiger partial charge in [-0.3, -0.25) is 4.79 Å². The Morgan fingerprint density at radius 2 is 2.10 bits per heavy atom. The quantitative estimate of drug-likeness (QED) is 0.557. The molecule has 0 atom stereocenters. The standard InChI is InChI=1S/C16H25NO2S/c1-4-12-20-15-9-6-5-8-14(15)16(18)17-10-7-11-19-13(2)3/h5-6,8-9,13H,4,7,10-12H2,1-3H3,(H,17,18). The molecule has 1 amide bonds. The predicted molar refractivity (Wildman–Crippen MR) is 85.5 cm³/mol. The highest BCUT2D eigenvalue weighted by molar-refractivity contribution is 7.99. The first-order valence-electron chi connectivity index (χ1n) is 7.26. The molecule has 4 heteroatoms. The van der Waals surface area contributed by atoms with Crippen LogP contribution < -0.4 is 5.32 Å². The fourth-order valence-electron chi connectivity index (χ4n) is 1.68. The van der Waals surface area contributed by atoms with Gasteiger partial charge in [0.15, 0.2) is 0 Å². The van der Waals surface area contributed by atoms with Crippen LogP contribution in [0.15, 0.2) is 29.2 Å². The highest BCUT2D eigenvalue weighted by atomic mass is 32.2. The van der Waals surface area contributed by atoms with Crippen LogP contribution in [0.4, 0.5) is 0 Å². The summed E-state index contributed by atoms with van der Waals surface area (Å²) in [5.41, 5.74) is 0.774. The summed E-state index contributed by atoms with van der Waals surface area (Å²) >= 11 is 1.74. The van der Waals surface area contributed by atoms with Crippen molar-refractivity contribution in [3.8, 4) is 0 Å². The average Bonchev–Trinajstić information content (AvgIpc) is 2.44. The Morgan fingerprint density at radius 1 is 1.35 bits per heavy atom. The summed E-state index contributed by atoms with van der Waals surface area (Å²) in [6, 6.07) is 7.78. The van der Waals surface area contributed by atoms with Gasteiger partial charge in [0, 0.05) is 18.0 Å². The normalized spacial score (nSPS) is 10.8. The number of ether oxygens (including phenoxy) is 1. The molecule has 0 aliphatic rings. The molecule has 1 N–H and O–H groups in total. The van der Waals surface area contributed by atoms with Gasteiger partial charge in [-0.1, -0.05) is 19.1 Å². The van der Waals surface area contributed by atoms with Gasteiger partial charge in [-0.25, -0.2) is 0 Å². The molecule has 0 heterocycles. The third kappa shape index (κ3) is 6.44. The number of amides is 1. The van der Waals surface area contributed by atoms with Crippen molar-refractivity contribution in [1.82, 2.24) is 5.32 Å². The molecule has 0 spiro atoms. The SMILES string of the molecule is CCCSc1ccccc1C(=O)NCCCOC(C)C. The molecule has 1 rings (SSSR count). The molecule has 1 aromatic rings. The first kappa shape index (κ1) is 17.1. The molecule has 0 aliphatic heterocycles. The Morgan fingerprint density at radius 3 is 2.80 bits per heavy atom. The van der Waals surface area contributed by atoms with E-state index in [9.17, 15) is 4.79 Å². The Balaban J connectivity index is 2.42. The topological polar surface area (TPSA) is 38.3 Å². The largest absolute Gasteiger partial charge is 0.379 e. The van der Waals surface area contributed by atoms with E-state index in [2.05, 4.69) is 12.2 Å². The lowest BCUT2D eigenvalue weighted by Gasteiger charge is -2.10. The summed E-state index contributed by atoms with van der Waals surface area (Å²) in [4.78, 5) is 13.2. The van der Waals surface area contributed by atoms with E-state index in [1.165, 1.54) is 0 Å². The number of carbonyl (C=O) groups is 1. The lowest BCUT2D eigenvalue weighted by atomic mass is 10.2. The summed E-state index contributed by atoms with van der Waals surface area (Å²) in [6.45, 7) is 7.51. The molecule has 0 saturated heterocycles. The average molecular weight is 295 g/mol. The van der Waals surface area contributed by atoms with E-state index in [1.807, 2.05) is 38.1 Å². The van der Waals surface area contributed by atoms with Gasteiger partial charge in [-0.05, 0) is 44.6 Å². The smallest absolute Gasteiger partial charge is 0.252 e. The maximum atomic E-state index is 12.2. The van der Waals surface area contributed by atoms with Crippen molar-refractivity contribution < 1.29 is 9.53 Å².